The molecule has 0 saturated heterocycles. The van der Waals surface area contributed by atoms with Crippen LogP contribution in [0.1, 0.15) is 21.5 Å². The second-order valence-electron chi connectivity index (χ2n) is 6.86. The van der Waals surface area contributed by atoms with Crippen LogP contribution in [0.4, 0.5) is 18.9 Å². The molecule has 0 saturated carbocycles. The number of carbonyl (C=O) groups is 1. The lowest BCUT2D eigenvalue weighted by atomic mass is 9.97. The number of aryl methyl sites for hydroxylation is 1. The van der Waals surface area contributed by atoms with Crippen molar-refractivity contribution in [3.8, 4) is 11.1 Å². The molecule has 1 aromatic heterocycles. The number of alkyl halides is 3. The summed E-state index contributed by atoms with van der Waals surface area (Å²) in [7, 11) is 0. The van der Waals surface area contributed by atoms with Crippen LogP contribution in [0.3, 0.4) is 0 Å². The molecule has 0 spiro atoms. The number of fused-ring (bicyclic) bond motifs is 1. The summed E-state index contributed by atoms with van der Waals surface area (Å²) in [6.45, 7) is 1.93. The number of hydrogen-bond donors (Lipinski definition) is 1. The van der Waals surface area contributed by atoms with Gasteiger partial charge in [-0.25, -0.2) is 9.97 Å². The van der Waals surface area contributed by atoms with Crippen molar-refractivity contribution in [2.75, 3.05) is 5.32 Å². The highest BCUT2D eigenvalue weighted by Gasteiger charge is 2.30. The summed E-state index contributed by atoms with van der Waals surface area (Å²) >= 11 is 0. The SMILES string of the molecule is Cc1ccc(C(=O)Nc2cccc(C(F)(F)F)c2)cc1-c1ccc2ncncc2c1.Cl. The van der Waals surface area contributed by atoms with E-state index < -0.39 is 17.6 Å². The number of rotatable bonds is 3. The Labute approximate surface area is 182 Å². The average molecular weight is 444 g/mol. The van der Waals surface area contributed by atoms with Crippen molar-refractivity contribution in [1.29, 1.82) is 0 Å². The molecular weight excluding hydrogens is 427 g/mol. The van der Waals surface area contributed by atoms with Crippen LogP contribution in [0.5, 0.6) is 0 Å². The second-order valence-corrected chi connectivity index (χ2v) is 6.86. The third-order valence-corrected chi connectivity index (χ3v) is 4.76. The molecule has 4 aromatic rings. The normalized spacial score (nSPS) is 11.1. The fraction of sp³-hybridized carbons (Fsp3) is 0.0870. The van der Waals surface area contributed by atoms with Crippen molar-refractivity contribution in [2.45, 2.75) is 13.1 Å². The van der Waals surface area contributed by atoms with Gasteiger partial charge in [-0.2, -0.15) is 13.2 Å². The number of carbonyl (C=O) groups excluding carboxylic acids is 1. The molecule has 4 nitrogen and oxygen atoms in total. The number of hydrogen-bond acceptors (Lipinski definition) is 3. The number of aromatic nitrogens is 2. The van der Waals surface area contributed by atoms with Gasteiger partial charge >= 0.3 is 6.18 Å². The lowest BCUT2D eigenvalue weighted by Crippen LogP contribution is -2.13. The Morgan fingerprint density at radius 2 is 1.81 bits per heavy atom. The van der Waals surface area contributed by atoms with Crippen LogP contribution >= 0.6 is 12.4 Å². The minimum absolute atomic E-state index is 0. The van der Waals surface area contributed by atoms with E-state index in [0.717, 1.165) is 39.7 Å². The molecule has 31 heavy (non-hydrogen) atoms. The van der Waals surface area contributed by atoms with Crippen molar-refractivity contribution >= 4 is 34.9 Å². The largest absolute Gasteiger partial charge is 0.416 e. The van der Waals surface area contributed by atoms with E-state index in [1.165, 1.54) is 18.5 Å². The number of nitrogens with one attached hydrogen (secondary N) is 1. The Morgan fingerprint density at radius 1 is 1.00 bits per heavy atom. The van der Waals surface area contributed by atoms with Gasteiger partial charge in [-0.15, -0.1) is 12.4 Å². The first-order valence-electron chi connectivity index (χ1n) is 9.11. The molecule has 158 valence electrons. The Hall–Kier alpha value is -3.45. The van der Waals surface area contributed by atoms with Gasteiger partial charge in [-0.3, -0.25) is 4.79 Å². The molecule has 1 N–H and O–H groups in total. The van der Waals surface area contributed by atoms with E-state index >= 15 is 0 Å². The molecule has 3 aromatic carbocycles. The lowest BCUT2D eigenvalue weighted by molar-refractivity contribution is -0.137. The predicted molar refractivity (Wildman–Crippen MR) is 116 cm³/mol. The molecule has 0 aliphatic heterocycles. The second kappa shape index (κ2) is 8.73. The van der Waals surface area contributed by atoms with Crippen molar-refractivity contribution in [3.63, 3.8) is 0 Å². The van der Waals surface area contributed by atoms with E-state index in [4.69, 9.17) is 0 Å². The molecule has 1 amide bonds. The Balaban J connectivity index is 0.00000272. The van der Waals surface area contributed by atoms with E-state index in [-0.39, 0.29) is 18.1 Å². The monoisotopic (exact) mass is 443 g/mol. The summed E-state index contributed by atoms with van der Waals surface area (Å²) < 4.78 is 38.7. The van der Waals surface area contributed by atoms with Gasteiger partial charge in [0.2, 0.25) is 0 Å². The Kier molecular flexibility index (Phi) is 6.27. The van der Waals surface area contributed by atoms with Gasteiger partial charge in [0.15, 0.2) is 0 Å². The van der Waals surface area contributed by atoms with Crippen LogP contribution in [-0.4, -0.2) is 15.9 Å². The highest BCUT2D eigenvalue weighted by atomic mass is 35.5. The van der Waals surface area contributed by atoms with Crippen molar-refractivity contribution in [2.24, 2.45) is 0 Å². The van der Waals surface area contributed by atoms with Crippen molar-refractivity contribution < 1.29 is 18.0 Å². The maximum atomic E-state index is 12.9. The van der Waals surface area contributed by atoms with E-state index in [1.54, 1.807) is 18.3 Å². The topological polar surface area (TPSA) is 54.9 Å². The summed E-state index contributed by atoms with van der Waals surface area (Å²) in [5.41, 5.74) is 3.12. The lowest BCUT2D eigenvalue weighted by Gasteiger charge is -2.12. The summed E-state index contributed by atoms with van der Waals surface area (Å²) in [4.78, 5) is 20.9. The summed E-state index contributed by atoms with van der Waals surface area (Å²) in [6.07, 6.45) is -1.28. The predicted octanol–water partition coefficient (Wildman–Crippen LogP) is 6.30. The fourth-order valence-electron chi connectivity index (χ4n) is 3.20. The van der Waals surface area contributed by atoms with E-state index in [9.17, 15) is 18.0 Å². The van der Waals surface area contributed by atoms with Crippen molar-refractivity contribution in [1.82, 2.24) is 9.97 Å². The van der Waals surface area contributed by atoms with Crippen LogP contribution in [0.2, 0.25) is 0 Å². The van der Waals surface area contributed by atoms with Gasteiger partial charge in [-0.1, -0.05) is 18.2 Å². The molecule has 0 aliphatic carbocycles. The maximum absolute atomic E-state index is 12.9. The maximum Gasteiger partial charge on any atom is 0.416 e. The third kappa shape index (κ3) is 4.83. The number of amides is 1. The zero-order valence-corrected chi connectivity index (χ0v) is 17.1. The molecule has 8 heteroatoms. The van der Waals surface area contributed by atoms with Gasteiger partial charge in [0.1, 0.15) is 6.33 Å². The first-order chi connectivity index (χ1) is 14.3. The molecule has 4 rings (SSSR count). The average Bonchev–Trinajstić information content (AvgIpc) is 2.73. The van der Waals surface area contributed by atoms with Gasteiger partial charge in [-0.05, 0) is 66.1 Å². The first kappa shape index (κ1) is 22.2. The molecular formula is C23H17ClF3N3O. The van der Waals surface area contributed by atoms with E-state index in [0.29, 0.717) is 5.56 Å². The number of halogens is 4. The van der Waals surface area contributed by atoms with Crippen LogP contribution in [-0.2, 0) is 6.18 Å². The van der Waals surface area contributed by atoms with Gasteiger partial charge in [0.05, 0.1) is 11.1 Å². The smallest absolute Gasteiger partial charge is 0.322 e. The summed E-state index contributed by atoms with van der Waals surface area (Å²) in [5, 5.41) is 3.41. The highest BCUT2D eigenvalue weighted by Crippen LogP contribution is 2.31. The minimum atomic E-state index is -4.47. The Bertz CT molecular complexity index is 1260. The Morgan fingerprint density at radius 3 is 2.58 bits per heavy atom. The zero-order valence-electron chi connectivity index (χ0n) is 16.3. The molecule has 0 radical (unpaired) electrons. The summed E-state index contributed by atoms with van der Waals surface area (Å²) in [5.74, 6) is -0.486. The molecule has 1 heterocycles. The van der Waals surface area contributed by atoms with Crippen LogP contribution in [0.15, 0.2) is 73.2 Å². The van der Waals surface area contributed by atoms with Crippen LogP contribution in [0.25, 0.3) is 22.0 Å². The molecule has 0 fully saturated rings. The zero-order chi connectivity index (χ0) is 21.3. The summed E-state index contributed by atoms with van der Waals surface area (Å²) in [6, 6.07) is 15.5. The minimum Gasteiger partial charge on any atom is -0.322 e. The van der Waals surface area contributed by atoms with Crippen LogP contribution < -0.4 is 5.32 Å². The third-order valence-electron chi connectivity index (χ3n) is 4.76. The standard InChI is InChI=1S/C23H16F3N3O.ClH/c1-14-5-6-16(22(30)29-19-4-2-3-18(11-19)23(24,25)26)10-20(14)15-7-8-21-17(9-15)12-27-13-28-21;/h2-13H,1H3,(H,29,30);1H. The number of benzene rings is 3. The van der Waals surface area contributed by atoms with E-state index in [1.807, 2.05) is 31.2 Å². The quantitative estimate of drug-likeness (QED) is 0.404. The highest BCUT2D eigenvalue weighted by molar-refractivity contribution is 6.05. The van der Waals surface area contributed by atoms with Crippen LogP contribution in [0, 0.1) is 6.92 Å². The first-order valence-corrected chi connectivity index (χ1v) is 9.11. The number of nitrogens with zero attached hydrogens (tertiary/aromatic N) is 2. The van der Waals surface area contributed by atoms with Gasteiger partial charge in [0.25, 0.3) is 5.91 Å². The molecule has 0 bridgehead atoms. The van der Waals surface area contributed by atoms with Gasteiger partial charge in [0, 0.05) is 22.8 Å². The fourth-order valence-corrected chi connectivity index (χ4v) is 3.20. The molecule has 0 aliphatic rings. The van der Waals surface area contributed by atoms with E-state index in [2.05, 4.69) is 15.3 Å². The molecule has 0 atom stereocenters. The number of anilines is 1. The molecule has 0 unspecified atom stereocenters. The van der Waals surface area contributed by atoms with Crippen molar-refractivity contribution in [3.05, 3.63) is 89.9 Å². The van der Waals surface area contributed by atoms with Gasteiger partial charge < -0.3 is 5.32 Å².